The van der Waals surface area contributed by atoms with Gasteiger partial charge in [-0.15, -0.1) is 6.58 Å². The van der Waals surface area contributed by atoms with Crippen LogP contribution < -0.4 is 10.4 Å². The van der Waals surface area contributed by atoms with E-state index in [1.165, 1.54) is 12.1 Å². The summed E-state index contributed by atoms with van der Waals surface area (Å²) in [6, 6.07) is 27.0. The van der Waals surface area contributed by atoms with E-state index in [4.69, 9.17) is 8.61 Å². The molecule has 0 radical (unpaired) electrons. The van der Waals surface area contributed by atoms with E-state index in [-0.39, 0.29) is 29.1 Å². The summed E-state index contributed by atoms with van der Waals surface area (Å²) in [7, 11) is -6.83. The number of aliphatic hydroxyl groups is 1. The van der Waals surface area contributed by atoms with E-state index in [9.17, 15) is 13.5 Å². The third kappa shape index (κ3) is 7.06. The highest BCUT2D eigenvalue weighted by Gasteiger charge is 2.51. The van der Waals surface area contributed by atoms with Crippen molar-refractivity contribution in [3.63, 3.8) is 0 Å². The minimum atomic E-state index is -3.98. The lowest BCUT2D eigenvalue weighted by atomic mass is 10.1. The zero-order valence-corrected chi connectivity index (χ0v) is 23.9. The van der Waals surface area contributed by atoms with Crippen LogP contribution in [-0.2, 0) is 18.7 Å². The normalized spacial score (nSPS) is 14.2. The van der Waals surface area contributed by atoms with Gasteiger partial charge in [0.15, 0.2) is 0 Å². The van der Waals surface area contributed by atoms with Crippen LogP contribution >= 0.6 is 0 Å². The van der Waals surface area contributed by atoms with Gasteiger partial charge in [-0.2, -0.15) is 8.42 Å². The maximum absolute atomic E-state index is 12.6. The van der Waals surface area contributed by atoms with Crippen LogP contribution in [0.4, 0.5) is 0 Å². The van der Waals surface area contributed by atoms with E-state index >= 15 is 0 Å². The minimum absolute atomic E-state index is 0.0662. The lowest BCUT2D eigenvalue weighted by Gasteiger charge is -2.45. The second-order valence-corrected chi connectivity index (χ2v) is 16.2. The first-order valence-electron chi connectivity index (χ1n) is 12.5. The lowest BCUT2D eigenvalue weighted by molar-refractivity contribution is 0.0574. The maximum Gasteiger partial charge on any atom is 0.297 e. The summed E-state index contributed by atoms with van der Waals surface area (Å²) in [5.41, 5.74) is 0.951. The van der Waals surface area contributed by atoms with Crippen molar-refractivity contribution in [1.82, 2.24) is 0 Å². The molecule has 37 heavy (non-hydrogen) atoms. The summed E-state index contributed by atoms with van der Waals surface area (Å²) in [6.07, 6.45) is 1.07. The molecule has 0 saturated carbocycles. The molecule has 3 aromatic carbocycles. The maximum atomic E-state index is 12.6. The second-order valence-electron chi connectivity index (χ2n) is 10.4. The smallest absolute Gasteiger partial charge is 0.297 e. The summed E-state index contributed by atoms with van der Waals surface area (Å²) in [5.74, 6) is 0. The predicted molar refractivity (Wildman–Crippen MR) is 152 cm³/mol. The molecule has 0 aromatic heterocycles. The largest absolute Gasteiger partial charge is 0.404 e. The molecule has 0 bridgehead atoms. The summed E-state index contributed by atoms with van der Waals surface area (Å²) in [4.78, 5) is 0.0662. The molecular weight excluding hydrogens is 500 g/mol. The minimum Gasteiger partial charge on any atom is -0.404 e. The molecule has 3 rings (SSSR count). The predicted octanol–water partition coefficient (Wildman–Crippen LogP) is 4.97. The third-order valence-corrected chi connectivity index (χ3v) is 12.8. The number of hydrogen-bond acceptors (Lipinski definition) is 5. The molecule has 0 saturated heterocycles. The van der Waals surface area contributed by atoms with Crippen LogP contribution in [-0.4, -0.2) is 40.7 Å². The van der Waals surface area contributed by atoms with E-state index in [0.717, 1.165) is 15.9 Å². The molecule has 3 aromatic rings. The molecule has 198 valence electrons. The fraction of sp³-hybridized carbons (Fsp3) is 0.333. The van der Waals surface area contributed by atoms with Crippen LogP contribution in [0.5, 0.6) is 0 Å². The molecule has 2 atom stereocenters. The van der Waals surface area contributed by atoms with Crippen molar-refractivity contribution in [2.24, 2.45) is 0 Å². The Hall–Kier alpha value is -2.55. The Morgan fingerprint density at radius 1 is 0.919 bits per heavy atom. The highest BCUT2D eigenvalue weighted by atomic mass is 32.2. The Labute approximate surface area is 223 Å². The standard InChI is InChI=1S/C30H38O5SSi/c1-6-13-26(22-25(31)23-34-36(32,33)27-20-18-24(2)19-21-27)35-37(30(3,4)5,28-14-9-7-10-15-28)29-16-11-8-12-17-29/h6-12,14-21,25-26,31H,1,13,22-23H2,2-5H3/t25-,26-/m0/s1. The molecule has 0 fully saturated rings. The highest BCUT2D eigenvalue weighted by molar-refractivity contribution is 7.86. The number of rotatable bonds is 12. The molecule has 5 nitrogen and oxygen atoms in total. The molecule has 0 unspecified atom stereocenters. The van der Waals surface area contributed by atoms with Gasteiger partial charge in [0, 0.05) is 6.42 Å². The van der Waals surface area contributed by atoms with Gasteiger partial charge in [-0.05, 0) is 40.9 Å². The van der Waals surface area contributed by atoms with Gasteiger partial charge in [0.05, 0.1) is 23.7 Å². The van der Waals surface area contributed by atoms with Gasteiger partial charge in [-0.1, -0.05) is 105 Å². The first-order valence-corrected chi connectivity index (χ1v) is 15.8. The number of aryl methyl sites for hydroxylation is 1. The molecule has 0 heterocycles. The second kappa shape index (κ2) is 12.3. The van der Waals surface area contributed by atoms with Crippen LogP contribution in [0.1, 0.15) is 39.2 Å². The molecular formula is C30H38O5SSi. The van der Waals surface area contributed by atoms with Gasteiger partial charge in [-0.3, -0.25) is 4.18 Å². The van der Waals surface area contributed by atoms with Crippen LogP contribution in [0, 0.1) is 6.92 Å². The monoisotopic (exact) mass is 538 g/mol. The van der Waals surface area contributed by atoms with Crippen LogP contribution in [0.15, 0.2) is 102 Å². The van der Waals surface area contributed by atoms with E-state index < -0.39 is 24.5 Å². The van der Waals surface area contributed by atoms with Gasteiger partial charge in [0.2, 0.25) is 0 Å². The molecule has 1 N–H and O–H groups in total. The van der Waals surface area contributed by atoms with Crippen molar-refractivity contribution < 1.29 is 22.1 Å². The Morgan fingerprint density at radius 2 is 1.43 bits per heavy atom. The SMILES string of the molecule is C=CC[C@@H](C[C@H](O)COS(=O)(=O)c1ccc(C)cc1)O[Si](c1ccccc1)(c1ccccc1)C(C)(C)C. The van der Waals surface area contributed by atoms with Crippen molar-refractivity contribution in [3.8, 4) is 0 Å². The van der Waals surface area contributed by atoms with Crippen LogP contribution in [0.2, 0.25) is 5.04 Å². The van der Waals surface area contributed by atoms with Crippen molar-refractivity contribution in [2.75, 3.05) is 6.61 Å². The van der Waals surface area contributed by atoms with Crippen molar-refractivity contribution in [3.05, 3.63) is 103 Å². The summed E-state index contributed by atoms with van der Waals surface area (Å²) < 4.78 is 37.6. The summed E-state index contributed by atoms with van der Waals surface area (Å²) >= 11 is 0. The Bertz CT molecular complexity index is 1200. The lowest BCUT2D eigenvalue weighted by Crippen LogP contribution is -2.67. The highest BCUT2D eigenvalue weighted by Crippen LogP contribution is 2.38. The van der Waals surface area contributed by atoms with E-state index in [1.54, 1.807) is 18.2 Å². The van der Waals surface area contributed by atoms with Crippen molar-refractivity contribution in [2.45, 2.75) is 62.7 Å². The van der Waals surface area contributed by atoms with E-state index in [1.807, 2.05) is 43.3 Å². The third-order valence-electron chi connectivity index (χ3n) is 6.45. The average Bonchev–Trinajstić information content (AvgIpc) is 2.87. The fourth-order valence-corrected chi connectivity index (χ4v) is 10.3. The molecule has 0 aliphatic heterocycles. The zero-order chi connectivity index (χ0) is 27.1. The topological polar surface area (TPSA) is 72.8 Å². The Balaban J connectivity index is 1.87. The fourth-order valence-electron chi connectivity index (χ4n) is 4.63. The molecule has 0 aliphatic rings. The first kappa shape index (κ1) is 29.0. The Kier molecular flexibility index (Phi) is 9.66. The Morgan fingerprint density at radius 3 is 1.89 bits per heavy atom. The van der Waals surface area contributed by atoms with Gasteiger partial charge < -0.3 is 9.53 Å². The average molecular weight is 539 g/mol. The number of hydrogen-bond donors (Lipinski definition) is 1. The molecule has 0 spiro atoms. The summed E-state index contributed by atoms with van der Waals surface area (Å²) in [6.45, 7) is 12.0. The van der Waals surface area contributed by atoms with Gasteiger partial charge in [0.1, 0.15) is 0 Å². The number of benzene rings is 3. The van der Waals surface area contributed by atoms with E-state index in [0.29, 0.717) is 6.42 Å². The summed E-state index contributed by atoms with van der Waals surface area (Å²) in [5, 5.41) is 12.9. The zero-order valence-electron chi connectivity index (χ0n) is 22.1. The van der Waals surface area contributed by atoms with Crippen LogP contribution in [0.25, 0.3) is 0 Å². The van der Waals surface area contributed by atoms with Crippen molar-refractivity contribution >= 4 is 28.8 Å². The van der Waals surface area contributed by atoms with E-state index in [2.05, 4.69) is 51.6 Å². The van der Waals surface area contributed by atoms with Crippen molar-refractivity contribution in [1.29, 1.82) is 0 Å². The van der Waals surface area contributed by atoms with Gasteiger partial charge >= 0.3 is 0 Å². The quantitative estimate of drug-likeness (QED) is 0.200. The van der Waals surface area contributed by atoms with Gasteiger partial charge in [0.25, 0.3) is 18.4 Å². The number of aliphatic hydroxyl groups excluding tert-OH is 1. The molecule has 0 aliphatic carbocycles. The molecule has 7 heteroatoms. The molecule has 0 amide bonds. The van der Waals surface area contributed by atoms with Gasteiger partial charge in [-0.25, -0.2) is 0 Å². The van der Waals surface area contributed by atoms with Crippen LogP contribution in [0.3, 0.4) is 0 Å². The first-order chi connectivity index (χ1) is 17.5.